The Morgan fingerprint density at radius 3 is 2.63 bits per heavy atom. The van der Waals surface area contributed by atoms with Crippen molar-refractivity contribution in [2.75, 3.05) is 6.61 Å². The van der Waals surface area contributed by atoms with Crippen molar-refractivity contribution in [3.05, 3.63) is 0 Å². The van der Waals surface area contributed by atoms with Crippen molar-refractivity contribution in [2.24, 2.45) is 34.5 Å². The zero-order valence-electron chi connectivity index (χ0n) is 17.7. The Labute approximate surface area is 165 Å². The second-order valence-corrected chi connectivity index (χ2v) is 10.2. The van der Waals surface area contributed by atoms with Crippen LogP contribution in [0, 0.1) is 45.8 Å². The van der Waals surface area contributed by atoms with Crippen molar-refractivity contribution < 1.29 is 14.9 Å². The molecule has 3 aliphatic rings. The number of nitriles is 1. The number of nitrogens with zero attached hydrogens (tertiary/aromatic N) is 1. The van der Waals surface area contributed by atoms with Gasteiger partial charge in [0.15, 0.2) is 0 Å². The summed E-state index contributed by atoms with van der Waals surface area (Å²) in [4.78, 5) is 0. The summed E-state index contributed by atoms with van der Waals surface area (Å²) in [6, 6.07) is 2.55. The average Bonchev–Trinajstić information content (AvgIpc) is 2.94. The van der Waals surface area contributed by atoms with E-state index < -0.39 is 6.10 Å². The van der Waals surface area contributed by atoms with E-state index in [1.54, 1.807) is 0 Å². The van der Waals surface area contributed by atoms with E-state index in [4.69, 9.17) is 4.74 Å². The van der Waals surface area contributed by atoms with Crippen LogP contribution in [0.1, 0.15) is 79.1 Å². The first kappa shape index (κ1) is 21.1. The molecule has 0 bridgehead atoms. The van der Waals surface area contributed by atoms with Gasteiger partial charge in [0.2, 0.25) is 0 Å². The lowest BCUT2D eigenvalue weighted by atomic mass is 9.47. The maximum absolute atomic E-state index is 11.3. The smallest absolute Gasteiger partial charge is 0.0836 e. The van der Waals surface area contributed by atoms with Gasteiger partial charge in [-0.1, -0.05) is 27.2 Å². The van der Waals surface area contributed by atoms with Gasteiger partial charge in [-0.2, -0.15) is 5.26 Å². The van der Waals surface area contributed by atoms with E-state index >= 15 is 0 Å². The molecule has 9 unspecified atom stereocenters. The van der Waals surface area contributed by atoms with Crippen molar-refractivity contribution in [3.8, 4) is 6.07 Å². The van der Waals surface area contributed by atoms with Crippen LogP contribution < -0.4 is 0 Å². The molecule has 3 aliphatic carbocycles. The van der Waals surface area contributed by atoms with Crippen molar-refractivity contribution in [1.82, 2.24) is 0 Å². The molecule has 4 heteroatoms. The first-order valence-electron chi connectivity index (χ1n) is 11.1. The Kier molecular flexibility index (Phi) is 6.26. The second kappa shape index (κ2) is 8.01. The largest absolute Gasteiger partial charge is 0.393 e. The number of rotatable bonds is 6. The van der Waals surface area contributed by atoms with Crippen LogP contribution in [0.25, 0.3) is 0 Å². The Hall–Kier alpha value is -0.630. The fraction of sp³-hybridized carbons (Fsp3) is 0.957. The van der Waals surface area contributed by atoms with Gasteiger partial charge in [0.1, 0.15) is 0 Å². The Bertz CT molecular complexity index is 558. The number of ether oxygens (including phenoxy) is 1. The molecule has 27 heavy (non-hydrogen) atoms. The maximum atomic E-state index is 11.3. The highest BCUT2D eigenvalue weighted by atomic mass is 16.5. The SMILES string of the molecule is CCCOC(CC1(C)CCCC2C1C(O)CC1(C)C(C#N)CCC21)C(C)O. The molecule has 0 aliphatic heterocycles. The summed E-state index contributed by atoms with van der Waals surface area (Å²) in [5, 5.41) is 31.2. The van der Waals surface area contributed by atoms with E-state index in [2.05, 4.69) is 26.8 Å². The first-order valence-corrected chi connectivity index (χ1v) is 11.1. The Morgan fingerprint density at radius 2 is 2.00 bits per heavy atom. The molecule has 3 rings (SSSR count). The van der Waals surface area contributed by atoms with E-state index in [9.17, 15) is 15.5 Å². The molecule has 0 saturated heterocycles. The third kappa shape index (κ3) is 3.68. The standard InChI is InChI=1S/C23H39NO3/c1-5-11-27-20(15(2)25)13-22(3)10-6-7-17-18-9-8-16(14-24)23(18,4)12-19(26)21(17)22/h15-21,25-26H,5-13H2,1-4H3. The Balaban J connectivity index is 1.84. The molecule has 3 saturated carbocycles. The zero-order valence-corrected chi connectivity index (χ0v) is 17.7. The quantitative estimate of drug-likeness (QED) is 0.724. The third-order valence-electron chi connectivity index (χ3n) is 8.44. The van der Waals surface area contributed by atoms with Crippen LogP contribution in [-0.4, -0.2) is 35.1 Å². The average molecular weight is 378 g/mol. The van der Waals surface area contributed by atoms with Crippen LogP contribution in [0.4, 0.5) is 0 Å². The summed E-state index contributed by atoms with van der Waals surface area (Å²) in [5.74, 6) is 1.39. The summed E-state index contributed by atoms with van der Waals surface area (Å²) in [7, 11) is 0. The summed E-state index contributed by atoms with van der Waals surface area (Å²) in [6.45, 7) is 9.17. The minimum atomic E-state index is -0.491. The molecule has 0 aromatic rings. The fourth-order valence-electron chi connectivity index (χ4n) is 7.19. The highest BCUT2D eigenvalue weighted by molar-refractivity contribution is 5.13. The summed E-state index contributed by atoms with van der Waals surface area (Å²) < 4.78 is 6.00. The van der Waals surface area contributed by atoms with Crippen molar-refractivity contribution in [1.29, 1.82) is 5.26 Å². The van der Waals surface area contributed by atoms with E-state index in [0.29, 0.717) is 18.4 Å². The van der Waals surface area contributed by atoms with Gasteiger partial charge in [0, 0.05) is 6.61 Å². The highest BCUT2D eigenvalue weighted by Gasteiger charge is 2.61. The van der Waals surface area contributed by atoms with Gasteiger partial charge < -0.3 is 14.9 Å². The lowest BCUT2D eigenvalue weighted by Crippen LogP contribution is -2.56. The summed E-state index contributed by atoms with van der Waals surface area (Å²) >= 11 is 0. The van der Waals surface area contributed by atoms with Crippen LogP contribution >= 0.6 is 0 Å². The van der Waals surface area contributed by atoms with Crippen LogP contribution in [0.5, 0.6) is 0 Å². The molecule has 0 amide bonds. The number of aliphatic hydroxyl groups excluding tert-OH is 2. The first-order chi connectivity index (χ1) is 12.8. The third-order valence-corrected chi connectivity index (χ3v) is 8.44. The van der Waals surface area contributed by atoms with Gasteiger partial charge in [-0.15, -0.1) is 0 Å². The van der Waals surface area contributed by atoms with Crippen molar-refractivity contribution >= 4 is 0 Å². The number of hydrogen-bond acceptors (Lipinski definition) is 4. The lowest BCUT2D eigenvalue weighted by Gasteiger charge is -2.58. The molecule has 154 valence electrons. The van der Waals surface area contributed by atoms with Gasteiger partial charge in [-0.05, 0) is 80.5 Å². The topological polar surface area (TPSA) is 73.5 Å². The summed E-state index contributed by atoms with van der Waals surface area (Å²) in [5.41, 5.74) is -0.0419. The normalized spacial score (nSPS) is 46.2. The second-order valence-electron chi connectivity index (χ2n) is 10.2. The monoisotopic (exact) mass is 377 g/mol. The van der Waals surface area contributed by atoms with Gasteiger partial charge >= 0.3 is 0 Å². The van der Waals surface area contributed by atoms with Crippen LogP contribution in [0.2, 0.25) is 0 Å². The minimum absolute atomic E-state index is 0.0101. The predicted molar refractivity (Wildman–Crippen MR) is 106 cm³/mol. The zero-order chi connectivity index (χ0) is 19.8. The molecule has 0 spiro atoms. The maximum Gasteiger partial charge on any atom is 0.0836 e. The molecule has 0 aromatic heterocycles. The van der Waals surface area contributed by atoms with Crippen LogP contribution in [0.15, 0.2) is 0 Å². The molecular formula is C23H39NO3. The lowest BCUT2D eigenvalue weighted by molar-refractivity contribution is -0.155. The molecule has 9 atom stereocenters. The van der Waals surface area contributed by atoms with Gasteiger partial charge in [0.25, 0.3) is 0 Å². The van der Waals surface area contributed by atoms with E-state index in [1.807, 2.05) is 6.92 Å². The van der Waals surface area contributed by atoms with Gasteiger partial charge in [0.05, 0.1) is 30.3 Å². The van der Waals surface area contributed by atoms with Crippen LogP contribution in [0.3, 0.4) is 0 Å². The van der Waals surface area contributed by atoms with E-state index in [1.165, 1.54) is 12.8 Å². The minimum Gasteiger partial charge on any atom is -0.393 e. The van der Waals surface area contributed by atoms with Gasteiger partial charge in [-0.3, -0.25) is 0 Å². The highest BCUT2D eigenvalue weighted by Crippen LogP contribution is 2.65. The summed E-state index contributed by atoms with van der Waals surface area (Å²) in [6.07, 6.45) is 7.06. The molecule has 0 aromatic carbocycles. The van der Waals surface area contributed by atoms with E-state index in [0.717, 1.165) is 38.5 Å². The fourth-order valence-corrected chi connectivity index (χ4v) is 7.19. The molecule has 3 fully saturated rings. The number of aliphatic hydroxyl groups is 2. The van der Waals surface area contributed by atoms with Crippen LogP contribution in [-0.2, 0) is 4.74 Å². The van der Waals surface area contributed by atoms with Crippen molar-refractivity contribution in [3.63, 3.8) is 0 Å². The number of hydrogen-bond donors (Lipinski definition) is 2. The predicted octanol–water partition coefficient (Wildman–Crippen LogP) is 4.30. The van der Waals surface area contributed by atoms with Crippen molar-refractivity contribution in [2.45, 2.75) is 97.4 Å². The molecule has 2 N–H and O–H groups in total. The van der Waals surface area contributed by atoms with E-state index in [-0.39, 0.29) is 34.9 Å². The van der Waals surface area contributed by atoms with Gasteiger partial charge in [-0.25, -0.2) is 0 Å². The molecule has 4 nitrogen and oxygen atoms in total. The Morgan fingerprint density at radius 1 is 1.26 bits per heavy atom. The number of fused-ring (bicyclic) bond motifs is 3. The molecule has 0 radical (unpaired) electrons. The molecular weight excluding hydrogens is 338 g/mol. The molecule has 0 heterocycles.